The van der Waals surface area contributed by atoms with E-state index in [4.69, 9.17) is 13.9 Å². The number of hydrogen-bond acceptors (Lipinski definition) is 5. The summed E-state index contributed by atoms with van der Waals surface area (Å²) in [5.41, 5.74) is 1.16. The van der Waals surface area contributed by atoms with Gasteiger partial charge in [-0.2, -0.15) is 0 Å². The SMILES string of the molecule is COc1cc(OC)cc(C(=O)Nc2ccc3occc(=O)c3c2)c1. The van der Waals surface area contributed by atoms with Crippen LogP contribution in [0.3, 0.4) is 0 Å². The molecule has 0 aliphatic carbocycles. The monoisotopic (exact) mass is 325 g/mol. The molecule has 0 radical (unpaired) electrons. The zero-order valence-electron chi connectivity index (χ0n) is 13.2. The normalized spacial score (nSPS) is 10.4. The van der Waals surface area contributed by atoms with Gasteiger partial charge in [-0.3, -0.25) is 9.59 Å². The third kappa shape index (κ3) is 3.08. The van der Waals surface area contributed by atoms with E-state index < -0.39 is 0 Å². The van der Waals surface area contributed by atoms with E-state index >= 15 is 0 Å². The van der Waals surface area contributed by atoms with Crippen LogP contribution in [-0.2, 0) is 0 Å². The summed E-state index contributed by atoms with van der Waals surface area (Å²) in [5, 5.41) is 3.15. The van der Waals surface area contributed by atoms with Crippen LogP contribution in [0.25, 0.3) is 11.0 Å². The molecule has 0 bridgehead atoms. The topological polar surface area (TPSA) is 77.8 Å². The number of nitrogens with one attached hydrogen (secondary N) is 1. The van der Waals surface area contributed by atoms with Crippen LogP contribution in [0.15, 0.2) is 57.9 Å². The molecule has 1 amide bonds. The Hall–Kier alpha value is -3.28. The van der Waals surface area contributed by atoms with Gasteiger partial charge in [0, 0.05) is 23.4 Å². The van der Waals surface area contributed by atoms with Crippen molar-refractivity contribution in [2.45, 2.75) is 0 Å². The summed E-state index contributed by atoms with van der Waals surface area (Å²) < 4.78 is 15.6. The van der Waals surface area contributed by atoms with Crippen molar-refractivity contribution >= 4 is 22.6 Å². The molecule has 0 fully saturated rings. The van der Waals surface area contributed by atoms with Gasteiger partial charge in [0.15, 0.2) is 5.43 Å². The van der Waals surface area contributed by atoms with Crippen molar-refractivity contribution < 1.29 is 18.7 Å². The smallest absolute Gasteiger partial charge is 0.255 e. The first-order valence-electron chi connectivity index (χ1n) is 7.16. The Balaban J connectivity index is 1.92. The molecule has 6 heteroatoms. The number of methoxy groups -OCH3 is 2. The van der Waals surface area contributed by atoms with Crippen molar-refractivity contribution in [3.63, 3.8) is 0 Å². The van der Waals surface area contributed by atoms with E-state index in [0.29, 0.717) is 33.7 Å². The molecule has 122 valence electrons. The lowest BCUT2D eigenvalue weighted by molar-refractivity contribution is 0.102. The van der Waals surface area contributed by atoms with Crippen LogP contribution in [0.5, 0.6) is 11.5 Å². The maximum absolute atomic E-state index is 12.4. The number of rotatable bonds is 4. The average Bonchev–Trinajstić information content (AvgIpc) is 2.61. The molecule has 0 unspecified atom stereocenters. The molecule has 0 aliphatic rings. The number of anilines is 1. The van der Waals surface area contributed by atoms with Crippen LogP contribution < -0.4 is 20.2 Å². The zero-order chi connectivity index (χ0) is 17.1. The molecule has 24 heavy (non-hydrogen) atoms. The predicted molar refractivity (Wildman–Crippen MR) is 90.0 cm³/mol. The summed E-state index contributed by atoms with van der Waals surface area (Å²) in [4.78, 5) is 24.3. The van der Waals surface area contributed by atoms with Gasteiger partial charge in [0.25, 0.3) is 5.91 Å². The predicted octanol–water partition coefficient (Wildman–Crippen LogP) is 3.06. The van der Waals surface area contributed by atoms with Crippen LogP contribution in [0.2, 0.25) is 0 Å². The highest BCUT2D eigenvalue weighted by Gasteiger charge is 2.11. The van der Waals surface area contributed by atoms with Crippen molar-refractivity contribution in [3.05, 3.63) is 64.5 Å². The fraction of sp³-hybridized carbons (Fsp3) is 0.111. The van der Waals surface area contributed by atoms with Crippen LogP contribution in [0.1, 0.15) is 10.4 Å². The lowest BCUT2D eigenvalue weighted by atomic mass is 10.1. The Morgan fingerprint density at radius 3 is 2.38 bits per heavy atom. The van der Waals surface area contributed by atoms with Gasteiger partial charge in [0.2, 0.25) is 0 Å². The van der Waals surface area contributed by atoms with Gasteiger partial charge >= 0.3 is 0 Å². The largest absolute Gasteiger partial charge is 0.497 e. The van der Waals surface area contributed by atoms with E-state index in [9.17, 15) is 9.59 Å². The highest BCUT2D eigenvalue weighted by Crippen LogP contribution is 2.23. The molecular weight excluding hydrogens is 310 g/mol. The number of fused-ring (bicyclic) bond motifs is 1. The average molecular weight is 325 g/mol. The Labute approximate surface area is 137 Å². The maximum Gasteiger partial charge on any atom is 0.255 e. The number of carbonyl (C=O) groups excluding carboxylic acids is 1. The van der Waals surface area contributed by atoms with Gasteiger partial charge in [-0.25, -0.2) is 0 Å². The van der Waals surface area contributed by atoms with E-state index in [1.807, 2.05) is 0 Å². The second-order valence-corrected chi connectivity index (χ2v) is 5.05. The van der Waals surface area contributed by atoms with Crippen molar-refractivity contribution in [1.29, 1.82) is 0 Å². The first-order valence-corrected chi connectivity index (χ1v) is 7.16. The van der Waals surface area contributed by atoms with E-state index in [0.717, 1.165) is 0 Å². The minimum atomic E-state index is -0.341. The van der Waals surface area contributed by atoms with Crippen molar-refractivity contribution in [3.8, 4) is 11.5 Å². The molecule has 3 rings (SSSR count). The Bertz CT molecular complexity index is 939. The Morgan fingerprint density at radius 1 is 1.00 bits per heavy atom. The molecule has 0 saturated heterocycles. The fourth-order valence-corrected chi connectivity index (χ4v) is 2.30. The number of ether oxygens (including phenoxy) is 2. The summed E-state index contributed by atoms with van der Waals surface area (Å²) in [6, 6.07) is 11.1. The molecule has 1 N–H and O–H groups in total. The van der Waals surface area contributed by atoms with Crippen LogP contribution in [0.4, 0.5) is 5.69 Å². The lowest BCUT2D eigenvalue weighted by Gasteiger charge is -2.09. The van der Waals surface area contributed by atoms with Gasteiger partial charge in [0.1, 0.15) is 17.1 Å². The second kappa shape index (κ2) is 6.45. The van der Waals surface area contributed by atoms with Gasteiger partial charge in [-0.1, -0.05) is 0 Å². The molecule has 1 aromatic heterocycles. The van der Waals surface area contributed by atoms with Crippen molar-refractivity contribution in [2.24, 2.45) is 0 Å². The summed E-state index contributed by atoms with van der Waals surface area (Å²) >= 11 is 0. The van der Waals surface area contributed by atoms with Crippen LogP contribution in [0, 0.1) is 0 Å². The van der Waals surface area contributed by atoms with E-state index in [1.54, 1.807) is 36.4 Å². The fourth-order valence-electron chi connectivity index (χ4n) is 2.30. The molecule has 6 nitrogen and oxygen atoms in total. The first-order chi connectivity index (χ1) is 11.6. The summed E-state index contributed by atoms with van der Waals surface area (Å²) in [6.45, 7) is 0. The molecule has 0 spiro atoms. The standard InChI is InChI=1S/C18H15NO5/c1-22-13-7-11(8-14(10-13)23-2)18(21)19-12-3-4-17-15(9-12)16(20)5-6-24-17/h3-10H,1-2H3,(H,19,21). The van der Waals surface area contributed by atoms with Gasteiger partial charge in [0.05, 0.1) is 25.9 Å². The number of carbonyl (C=O) groups is 1. The third-order valence-electron chi connectivity index (χ3n) is 3.53. The Kier molecular flexibility index (Phi) is 4.20. The van der Waals surface area contributed by atoms with Crippen molar-refractivity contribution in [2.75, 3.05) is 19.5 Å². The lowest BCUT2D eigenvalue weighted by Crippen LogP contribution is -2.12. The summed E-state index contributed by atoms with van der Waals surface area (Å²) in [5.74, 6) is 0.684. The number of amides is 1. The molecular formula is C18H15NO5. The van der Waals surface area contributed by atoms with E-state index in [2.05, 4.69) is 5.32 Å². The molecule has 0 aliphatic heterocycles. The molecule has 0 saturated carbocycles. The van der Waals surface area contributed by atoms with E-state index in [-0.39, 0.29) is 11.3 Å². The molecule has 2 aromatic carbocycles. The maximum atomic E-state index is 12.4. The number of benzene rings is 2. The van der Waals surface area contributed by atoms with Gasteiger partial charge in [-0.15, -0.1) is 0 Å². The van der Waals surface area contributed by atoms with Crippen LogP contribution >= 0.6 is 0 Å². The number of hydrogen-bond donors (Lipinski definition) is 1. The second-order valence-electron chi connectivity index (χ2n) is 5.05. The summed E-state index contributed by atoms with van der Waals surface area (Å²) in [7, 11) is 3.03. The van der Waals surface area contributed by atoms with Crippen LogP contribution in [-0.4, -0.2) is 20.1 Å². The Morgan fingerprint density at radius 2 is 1.71 bits per heavy atom. The first kappa shape index (κ1) is 15.6. The van der Waals surface area contributed by atoms with Crippen molar-refractivity contribution in [1.82, 2.24) is 0 Å². The molecule has 3 aromatic rings. The van der Waals surface area contributed by atoms with Gasteiger partial charge < -0.3 is 19.2 Å². The minimum Gasteiger partial charge on any atom is -0.497 e. The quantitative estimate of drug-likeness (QED) is 0.797. The minimum absolute atomic E-state index is 0.171. The third-order valence-corrected chi connectivity index (χ3v) is 3.53. The molecule has 1 heterocycles. The highest BCUT2D eigenvalue weighted by molar-refractivity contribution is 6.05. The highest BCUT2D eigenvalue weighted by atomic mass is 16.5. The molecule has 0 atom stereocenters. The zero-order valence-corrected chi connectivity index (χ0v) is 13.2. The van der Waals surface area contributed by atoms with Gasteiger partial charge in [-0.05, 0) is 30.3 Å². The van der Waals surface area contributed by atoms with E-state index in [1.165, 1.54) is 26.5 Å². The summed E-state index contributed by atoms with van der Waals surface area (Å²) in [6.07, 6.45) is 1.34.